The van der Waals surface area contributed by atoms with E-state index < -0.39 is 0 Å². The van der Waals surface area contributed by atoms with Gasteiger partial charge in [0.25, 0.3) is 5.91 Å². The second kappa shape index (κ2) is 5.78. The first kappa shape index (κ1) is 14.1. The number of furan rings is 1. The summed E-state index contributed by atoms with van der Waals surface area (Å²) >= 11 is 0. The lowest BCUT2D eigenvalue weighted by molar-refractivity contribution is 0.0533. The third-order valence-electron chi connectivity index (χ3n) is 3.73. The first-order valence-electron chi connectivity index (χ1n) is 6.96. The molecule has 1 N–H and O–H groups in total. The Balaban J connectivity index is 1.92. The fourth-order valence-electron chi connectivity index (χ4n) is 2.79. The number of amides is 1. The average Bonchev–Trinajstić information content (AvgIpc) is 2.92. The molecule has 1 saturated heterocycles. The summed E-state index contributed by atoms with van der Waals surface area (Å²) in [5.74, 6) is 2.30. The van der Waals surface area contributed by atoms with E-state index in [-0.39, 0.29) is 12.0 Å². The van der Waals surface area contributed by atoms with Crippen LogP contribution in [0, 0.1) is 25.7 Å². The Kier molecular flexibility index (Phi) is 4.30. The first-order chi connectivity index (χ1) is 8.99. The van der Waals surface area contributed by atoms with Gasteiger partial charge in [-0.3, -0.25) is 4.79 Å². The van der Waals surface area contributed by atoms with Crippen molar-refractivity contribution in [2.75, 3.05) is 13.2 Å². The third-order valence-corrected chi connectivity index (χ3v) is 3.73. The molecule has 0 unspecified atom stereocenters. The van der Waals surface area contributed by atoms with Crippen LogP contribution in [-0.2, 0) is 4.74 Å². The second-order valence-corrected chi connectivity index (χ2v) is 5.67. The molecule has 0 radical (unpaired) electrons. The molecule has 0 bridgehead atoms. The molecular weight excluding hydrogens is 242 g/mol. The number of aryl methyl sites for hydroxylation is 2. The summed E-state index contributed by atoms with van der Waals surface area (Å²) in [5.41, 5.74) is 0.637. The Bertz CT molecular complexity index is 450. The number of carbonyl (C=O) groups is 1. The molecule has 1 amide bonds. The Hall–Kier alpha value is -1.29. The van der Waals surface area contributed by atoms with E-state index in [0.717, 1.165) is 18.8 Å². The van der Waals surface area contributed by atoms with Crippen LogP contribution in [0.15, 0.2) is 10.5 Å². The zero-order valence-electron chi connectivity index (χ0n) is 12.2. The number of rotatable bonds is 4. The van der Waals surface area contributed by atoms with E-state index in [2.05, 4.69) is 19.2 Å². The molecule has 0 spiro atoms. The fourth-order valence-corrected chi connectivity index (χ4v) is 2.79. The minimum atomic E-state index is -0.0521. The van der Waals surface area contributed by atoms with Crippen molar-refractivity contribution in [3.8, 4) is 0 Å². The predicted octanol–water partition coefficient (Wildman–Crippen LogP) is 2.69. The highest BCUT2D eigenvalue weighted by Gasteiger charge is 2.31. The monoisotopic (exact) mass is 265 g/mol. The van der Waals surface area contributed by atoms with Crippen LogP contribution in [0.2, 0.25) is 0 Å². The molecule has 106 valence electrons. The summed E-state index contributed by atoms with van der Waals surface area (Å²) in [5, 5.41) is 3.00. The quantitative estimate of drug-likeness (QED) is 0.910. The van der Waals surface area contributed by atoms with Crippen LogP contribution < -0.4 is 5.32 Å². The van der Waals surface area contributed by atoms with Gasteiger partial charge in [0.1, 0.15) is 11.5 Å². The van der Waals surface area contributed by atoms with E-state index >= 15 is 0 Å². The third kappa shape index (κ3) is 3.18. The zero-order chi connectivity index (χ0) is 14.0. The molecule has 0 saturated carbocycles. The van der Waals surface area contributed by atoms with Crippen molar-refractivity contribution >= 4 is 5.91 Å². The number of nitrogens with one attached hydrogen (secondary N) is 1. The molecule has 4 nitrogen and oxygen atoms in total. The number of carbonyl (C=O) groups excluding carboxylic acids is 1. The van der Waals surface area contributed by atoms with Crippen molar-refractivity contribution in [3.05, 3.63) is 23.2 Å². The number of ether oxygens (including phenoxy) is 1. The Labute approximate surface area is 114 Å². The molecule has 2 atom stereocenters. The molecule has 19 heavy (non-hydrogen) atoms. The number of hydrogen-bond acceptors (Lipinski definition) is 3. The summed E-state index contributed by atoms with van der Waals surface area (Å²) in [6.45, 7) is 9.46. The molecule has 2 rings (SSSR count). The minimum Gasteiger partial charge on any atom is -0.466 e. The van der Waals surface area contributed by atoms with Gasteiger partial charge in [0, 0.05) is 19.1 Å². The Morgan fingerprint density at radius 1 is 1.47 bits per heavy atom. The molecular formula is C15H23NO3. The maximum Gasteiger partial charge on any atom is 0.254 e. The van der Waals surface area contributed by atoms with Crippen LogP contribution >= 0.6 is 0 Å². The van der Waals surface area contributed by atoms with Crippen molar-refractivity contribution in [3.63, 3.8) is 0 Å². The van der Waals surface area contributed by atoms with Crippen molar-refractivity contribution in [1.82, 2.24) is 5.32 Å². The van der Waals surface area contributed by atoms with Gasteiger partial charge in [-0.15, -0.1) is 0 Å². The fraction of sp³-hybridized carbons (Fsp3) is 0.667. The van der Waals surface area contributed by atoms with E-state index in [4.69, 9.17) is 9.15 Å². The predicted molar refractivity (Wildman–Crippen MR) is 73.2 cm³/mol. The highest BCUT2D eigenvalue weighted by molar-refractivity contribution is 5.95. The number of hydrogen-bond donors (Lipinski definition) is 1. The van der Waals surface area contributed by atoms with Crippen molar-refractivity contribution in [1.29, 1.82) is 0 Å². The summed E-state index contributed by atoms with van der Waals surface area (Å²) in [6.07, 6.45) is 1.28. The van der Waals surface area contributed by atoms with Crippen LogP contribution in [0.4, 0.5) is 0 Å². The van der Waals surface area contributed by atoms with Crippen molar-refractivity contribution in [2.45, 2.75) is 40.2 Å². The average molecular weight is 265 g/mol. The van der Waals surface area contributed by atoms with Crippen LogP contribution in [0.25, 0.3) is 0 Å². The molecule has 1 aliphatic heterocycles. The van der Waals surface area contributed by atoms with Gasteiger partial charge >= 0.3 is 0 Å². The van der Waals surface area contributed by atoms with Gasteiger partial charge in [0.15, 0.2) is 0 Å². The maximum atomic E-state index is 12.1. The van der Waals surface area contributed by atoms with Gasteiger partial charge in [-0.2, -0.15) is 0 Å². The molecule has 0 aliphatic carbocycles. The van der Waals surface area contributed by atoms with Crippen LogP contribution in [0.3, 0.4) is 0 Å². The first-order valence-corrected chi connectivity index (χ1v) is 6.96. The van der Waals surface area contributed by atoms with Crippen LogP contribution in [-0.4, -0.2) is 25.2 Å². The summed E-state index contributed by atoms with van der Waals surface area (Å²) in [4.78, 5) is 12.1. The standard InChI is InChI=1S/C15H23NO3/c1-9(2)14-12(5-6-18-14)8-16-15(17)13-7-10(3)19-11(13)4/h7,9,12,14H,5-6,8H2,1-4H3,(H,16,17)/t12-,14+/m0/s1. The second-order valence-electron chi connectivity index (χ2n) is 5.67. The molecule has 1 aromatic heterocycles. The van der Waals surface area contributed by atoms with Crippen LogP contribution in [0.5, 0.6) is 0 Å². The Morgan fingerprint density at radius 3 is 2.79 bits per heavy atom. The lowest BCUT2D eigenvalue weighted by Crippen LogP contribution is -2.35. The van der Waals surface area contributed by atoms with Crippen LogP contribution in [0.1, 0.15) is 42.1 Å². The molecule has 1 aliphatic rings. The SMILES string of the molecule is Cc1cc(C(=O)NC[C@@H]2CCO[C@@H]2C(C)C)c(C)o1. The highest BCUT2D eigenvalue weighted by Crippen LogP contribution is 2.26. The highest BCUT2D eigenvalue weighted by atomic mass is 16.5. The van der Waals surface area contributed by atoms with E-state index in [1.54, 1.807) is 6.07 Å². The van der Waals surface area contributed by atoms with Gasteiger partial charge in [-0.1, -0.05) is 13.8 Å². The summed E-state index contributed by atoms with van der Waals surface area (Å²) < 4.78 is 11.1. The largest absolute Gasteiger partial charge is 0.466 e. The van der Waals surface area contributed by atoms with E-state index in [1.807, 2.05) is 13.8 Å². The molecule has 0 aromatic carbocycles. The minimum absolute atomic E-state index is 0.0521. The van der Waals surface area contributed by atoms with Gasteiger partial charge in [-0.25, -0.2) is 0 Å². The van der Waals surface area contributed by atoms with Crippen molar-refractivity contribution in [2.24, 2.45) is 11.8 Å². The van der Waals surface area contributed by atoms with E-state index in [1.165, 1.54) is 0 Å². The lowest BCUT2D eigenvalue weighted by atomic mass is 9.93. The van der Waals surface area contributed by atoms with Gasteiger partial charge in [-0.05, 0) is 32.3 Å². The smallest absolute Gasteiger partial charge is 0.254 e. The zero-order valence-corrected chi connectivity index (χ0v) is 12.2. The maximum absolute atomic E-state index is 12.1. The summed E-state index contributed by atoms with van der Waals surface area (Å²) in [6, 6.07) is 1.79. The molecule has 1 aromatic rings. The van der Waals surface area contributed by atoms with Gasteiger partial charge in [0.05, 0.1) is 11.7 Å². The van der Waals surface area contributed by atoms with E-state index in [9.17, 15) is 4.79 Å². The Morgan fingerprint density at radius 2 is 2.21 bits per heavy atom. The van der Waals surface area contributed by atoms with Gasteiger partial charge in [0.2, 0.25) is 0 Å². The van der Waals surface area contributed by atoms with Crippen molar-refractivity contribution < 1.29 is 13.9 Å². The molecule has 4 heteroatoms. The summed E-state index contributed by atoms with van der Waals surface area (Å²) in [7, 11) is 0. The van der Waals surface area contributed by atoms with E-state index in [0.29, 0.717) is 29.7 Å². The topological polar surface area (TPSA) is 51.5 Å². The normalized spacial score (nSPS) is 23.0. The molecule has 1 fully saturated rings. The molecule has 2 heterocycles. The van der Waals surface area contributed by atoms with Gasteiger partial charge < -0.3 is 14.5 Å². The lowest BCUT2D eigenvalue weighted by Gasteiger charge is -2.22.